The third-order valence-electron chi connectivity index (χ3n) is 6.16. The van der Waals surface area contributed by atoms with E-state index in [1.165, 1.54) is 19.3 Å². The summed E-state index contributed by atoms with van der Waals surface area (Å²) in [5.74, 6) is 0.829. The Balaban J connectivity index is 1.25. The van der Waals surface area contributed by atoms with Crippen molar-refractivity contribution in [2.24, 2.45) is 11.7 Å². The van der Waals surface area contributed by atoms with Gasteiger partial charge in [-0.3, -0.25) is 10.1 Å². The fraction of sp³-hybridized carbons (Fsp3) is 0.333. The van der Waals surface area contributed by atoms with Gasteiger partial charge in [0.25, 0.3) is 0 Å². The molecule has 0 radical (unpaired) electrons. The van der Waals surface area contributed by atoms with E-state index in [-0.39, 0.29) is 0 Å². The highest BCUT2D eigenvalue weighted by atomic mass is 15.4. The number of H-pyrrole nitrogens is 1. The summed E-state index contributed by atoms with van der Waals surface area (Å²) in [5, 5.41) is 20.3. The zero-order valence-corrected chi connectivity index (χ0v) is 18.3. The van der Waals surface area contributed by atoms with Crippen LogP contribution in [-0.4, -0.2) is 43.3 Å². The van der Waals surface area contributed by atoms with Gasteiger partial charge in [0.2, 0.25) is 0 Å². The predicted octanol–water partition coefficient (Wildman–Crippen LogP) is 3.26. The van der Waals surface area contributed by atoms with Crippen LogP contribution in [0, 0.1) is 12.8 Å². The molecule has 0 spiro atoms. The van der Waals surface area contributed by atoms with Gasteiger partial charge < -0.3 is 11.1 Å². The molecule has 1 saturated carbocycles. The number of aromatic amines is 1. The number of fused-ring (bicyclic) bond motifs is 1. The van der Waals surface area contributed by atoms with E-state index < -0.39 is 0 Å². The summed E-state index contributed by atoms with van der Waals surface area (Å²) in [7, 11) is 0. The minimum atomic E-state index is 0.553. The summed E-state index contributed by atoms with van der Waals surface area (Å²) in [4.78, 5) is 4.62. The number of hydrogen-bond donors (Lipinski definition) is 3. The van der Waals surface area contributed by atoms with E-state index >= 15 is 0 Å². The van der Waals surface area contributed by atoms with E-state index in [1.807, 2.05) is 47.5 Å². The molecule has 0 unspecified atom stereocenters. The normalized spacial score (nSPS) is 14.7. The topological polar surface area (TPSA) is 110 Å². The van der Waals surface area contributed by atoms with Gasteiger partial charge in [-0.25, -0.2) is 4.68 Å². The number of benzene rings is 1. The quantitative estimate of drug-likeness (QED) is 0.397. The maximum atomic E-state index is 6.21. The number of pyridine rings is 1. The molecule has 0 bridgehead atoms. The van der Waals surface area contributed by atoms with Gasteiger partial charge in [-0.2, -0.15) is 5.10 Å². The van der Waals surface area contributed by atoms with Crippen molar-refractivity contribution < 1.29 is 0 Å². The van der Waals surface area contributed by atoms with Gasteiger partial charge in [-0.05, 0) is 61.6 Å². The molecule has 8 heteroatoms. The molecule has 1 aliphatic carbocycles. The summed E-state index contributed by atoms with van der Waals surface area (Å²) >= 11 is 0. The highest BCUT2D eigenvalue weighted by Gasteiger charge is 2.16. The zero-order valence-electron chi connectivity index (χ0n) is 18.3. The Bertz CT molecular complexity index is 1250. The standard InChI is InChI=1S/C24H28N8/c1-16-8-20(27-11-18(16)9-19(25)12-26-10-17-4-2-5-17)14-32-15-24(30-31-32)21-6-3-7-23-22(21)13-28-29-23/h3,6-9,11,13,15,17,26H,2,4-5,10,12,14,25H2,1H3,(H,28,29)/b19-9-. The molecule has 0 aliphatic heterocycles. The van der Waals surface area contributed by atoms with Crippen molar-refractivity contribution >= 4 is 17.0 Å². The number of nitrogens with two attached hydrogens (primary N) is 1. The van der Waals surface area contributed by atoms with E-state index in [9.17, 15) is 0 Å². The summed E-state index contributed by atoms with van der Waals surface area (Å²) in [6.45, 7) is 4.40. The second kappa shape index (κ2) is 8.92. The van der Waals surface area contributed by atoms with E-state index in [0.29, 0.717) is 13.1 Å². The minimum absolute atomic E-state index is 0.553. The number of nitrogens with zero attached hydrogens (tertiary/aromatic N) is 5. The van der Waals surface area contributed by atoms with E-state index in [0.717, 1.165) is 57.1 Å². The average molecular weight is 429 g/mol. The number of aromatic nitrogens is 6. The van der Waals surface area contributed by atoms with Crippen molar-refractivity contribution in [3.8, 4) is 11.3 Å². The number of hydrogen-bond acceptors (Lipinski definition) is 6. The molecule has 0 amide bonds. The van der Waals surface area contributed by atoms with Crippen LogP contribution in [0.4, 0.5) is 0 Å². The molecule has 3 aromatic heterocycles. The molecule has 4 aromatic rings. The van der Waals surface area contributed by atoms with Crippen LogP contribution in [-0.2, 0) is 6.54 Å². The van der Waals surface area contributed by atoms with Gasteiger partial charge in [-0.1, -0.05) is 23.8 Å². The van der Waals surface area contributed by atoms with E-state index in [4.69, 9.17) is 5.73 Å². The summed E-state index contributed by atoms with van der Waals surface area (Å²) in [5.41, 5.74) is 13.0. The number of nitrogens with one attached hydrogen (secondary N) is 2. The monoisotopic (exact) mass is 428 g/mol. The van der Waals surface area contributed by atoms with E-state index in [1.54, 1.807) is 0 Å². The van der Waals surface area contributed by atoms with Crippen LogP contribution < -0.4 is 11.1 Å². The number of rotatable bonds is 8. The van der Waals surface area contributed by atoms with Crippen molar-refractivity contribution in [2.45, 2.75) is 32.7 Å². The molecule has 1 aromatic carbocycles. The van der Waals surface area contributed by atoms with Gasteiger partial charge >= 0.3 is 0 Å². The van der Waals surface area contributed by atoms with Crippen LogP contribution in [0.25, 0.3) is 28.2 Å². The van der Waals surface area contributed by atoms with Gasteiger partial charge in [0.1, 0.15) is 5.69 Å². The third kappa shape index (κ3) is 4.40. The molecule has 5 rings (SSSR count). The fourth-order valence-corrected chi connectivity index (χ4v) is 4.09. The lowest BCUT2D eigenvalue weighted by Crippen LogP contribution is -2.30. The van der Waals surface area contributed by atoms with Gasteiger partial charge in [-0.15, -0.1) is 5.10 Å². The largest absolute Gasteiger partial charge is 0.401 e. The Kier molecular flexibility index (Phi) is 5.68. The molecule has 3 heterocycles. The van der Waals surface area contributed by atoms with Crippen molar-refractivity contribution in [1.82, 2.24) is 35.5 Å². The smallest absolute Gasteiger partial charge is 0.113 e. The minimum Gasteiger partial charge on any atom is -0.401 e. The van der Waals surface area contributed by atoms with E-state index in [2.05, 4.69) is 43.8 Å². The van der Waals surface area contributed by atoms with Gasteiger partial charge in [0.05, 0.1) is 30.1 Å². The fourth-order valence-electron chi connectivity index (χ4n) is 4.09. The lowest BCUT2D eigenvalue weighted by molar-refractivity contribution is 0.305. The lowest BCUT2D eigenvalue weighted by Gasteiger charge is -2.25. The van der Waals surface area contributed by atoms with Crippen molar-refractivity contribution in [2.75, 3.05) is 13.1 Å². The molecular formula is C24H28N8. The first-order valence-corrected chi connectivity index (χ1v) is 11.1. The summed E-state index contributed by atoms with van der Waals surface area (Å²) in [6.07, 6.45) is 11.7. The molecule has 4 N–H and O–H groups in total. The molecule has 8 nitrogen and oxygen atoms in total. The maximum absolute atomic E-state index is 6.21. The third-order valence-corrected chi connectivity index (χ3v) is 6.16. The van der Waals surface area contributed by atoms with Crippen LogP contribution in [0.5, 0.6) is 0 Å². The molecule has 0 atom stereocenters. The Hall–Kier alpha value is -3.52. The van der Waals surface area contributed by atoms with Crippen LogP contribution >= 0.6 is 0 Å². The zero-order chi connectivity index (χ0) is 21.9. The highest BCUT2D eigenvalue weighted by Crippen LogP contribution is 2.26. The van der Waals surface area contributed by atoms with Crippen LogP contribution in [0.1, 0.15) is 36.1 Å². The maximum Gasteiger partial charge on any atom is 0.113 e. The van der Waals surface area contributed by atoms with Crippen LogP contribution in [0.2, 0.25) is 0 Å². The molecule has 0 saturated heterocycles. The molecular weight excluding hydrogens is 400 g/mol. The second-order valence-corrected chi connectivity index (χ2v) is 8.62. The summed E-state index contributed by atoms with van der Waals surface area (Å²) in [6, 6.07) is 8.09. The lowest BCUT2D eigenvalue weighted by atomic mass is 9.85. The molecule has 32 heavy (non-hydrogen) atoms. The van der Waals surface area contributed by atoms with Crippen LogP contribution in [0.15, 0.2) is 48.6 Å². The molecule has 1 aliphatic rings. The predicted molar refractivity (Wildman–Crippen MR) is 126 cm³/mol. The highest BCUT2D eigenvalue weighted by molar-refractivity contribution is 5.92. The van der Waals surface area contributed by atoms with Crippen molar-refractivity contribution in [3.63, 3.8) is 0 Å². The average Bonchev–Trinajstić information content (AvgIpc) is 3.41. The van der Waals surface area contributed by atoms with Crippen molar-refractivity contribution in [1.29, 1.82) is 0 Å². The van der Waals surface area contributed by atoms with Crippen LogP contribution in [0.3, 0.4) is 0 Å². The SMILES string of the molecule is Cc1cc(Cn2cc(-c3cccc4[nH]ncc34)nn2)ncc1/C=C(\N)CNCC1CCC1. The van der Waals surface area contributed by atoms with Gasteiger partial charge in [0, 0.05) is 29.4 Å². The Labute approximate surface area is 186 Å². The second-order valence-electron chi connectivity index (χ2n) is 8.62. The first kappa shape index (κ1) is 20.4. The molecule has 1 fully saturated rings. The Morgan fingerprint density at radius 2 is 2.22 bits per heavy atom. The first-order valence-electron chi connectivity index (χ1n) is 11.1. The number of aryl methyl sites for hydroxylation is 1. The van der Waals surface area contributed by atoms with Gasteiger partial charge in [0.15, 0.2) is 0 Å². The summed E-state index contributed by atoms with van der Waals surface area (Å²) < 4.78 is 1.81. The van der Waals surface area contributed by atoms with Crippen molar-refractivity contribution in [3.05, 3.63) is 65.4 Å². The Morgan fingerprint density at radius 3 is 3.03 bits per heavy atom. The molecule has 164 valence electrons. The Morgan fingerprint density at radius 1 is 1.31 bits per heavy atom. The first-order chi connectivity index (χ1) is 15.7.